The maximum Gasteiger partial charge on any atom is 0.280 e. The highest BCUT2D eigenvalue weighted by Crippen LogP contribution is 2.40. The minimum Gasteiger partial charge on any atom is -0.344 e. The van der Waals surface area contributed by atoms with Crippen LogP contribution in [0.25, 0.3) is 5.65 Å². The molecular weight excluding hydrogens is 398 g/mol. The van der Waals surface area contributed by atoms with E-state index in [1.807, 2.05) is 19.1 Å². The normalized spacial score (nSPS) is 15.9. The van der Waals surface area contributed by atoms with Crippen LogP contribution in [-0.4, -0.2) is 20.5 Å². The highest BCUT2D eigenvalue weighted by atomic mass is 19.3. The number of halogens is 2. The second-order valence-corrected chi connectivity index (χ2v) is 8.39. The molecule has 0 bridgehead atoms. The summed E-state index contributed by atoms with van der Waals surface area (Å²) in [5.74, 6) is 0.327. The summed E-state index contributed by atoms with van der Waals surface area (Å²) < 4.78 is 28.3. The number of aromatic nitrogens is 3. The average Bonchev–Trinajstić information content (AvgIpc) is 3.54. The molecule has 7 heteroatoms. The van der Waals surface area contributed by atoms with Crippen LogP contribution in [0.3, 0.4) is 0 Å². The van der Waals surface area contributed by atoms with Crippen LogP contribution in [0.15, 0.2) is 36.4 Å². The molecule has 3 aromatic rings. The fourth-order valence-electron chi connectivity index (χ4n) is 3.82. The van der Waals surface area contributed by atoms with E-state index in [-0.39, 0.29) is 29.0 Å². The molecule has 4 rings (SSSR count). The number of amides is 1. The van der Waals surface area contributed by atoms with Crippen molar-refractivity contribution in [1.29, 1.82) is 0 Å². The molecule has 1 saturated carbocycles. The molecule has 2 atom stereocenters. The molecular formula is C24H28F2N4O. The minimum absolute atomic E-state index is 0.0945. The fraction of sp³-hybridized carbons (Fsp3) is 0.458. The van der Waals surface area contributed by atoms with E-state index in [0.717, 1.165) is 29.3 Å². The van der Waals surface area contributed by atoms with Gasteiger partial charge in [0.05, 0.1) is 6.04 Å². The van der Waals surface area contributed by atoms with Crippen LogP contribution in [-0.2, 0) is 0 Å². The van der Waals surface area contributed by atoms with Gasteiger partial charge < -0.3 is 5.32 Å². The third-order valence-electron chi connectivity index (χ3n) is 6.16. The molecule has 5 nitrogen and oxygen atoms in total. The molecule has 0 saturated heterocycles. The number of rotatable bonds is 8. The van der Waals surface area contributed by atoms with Crippen LogP contribution in [0.5, 0.6) is 0 Å². The number of benzene rings is 1. The van der Waals surface area contributed by atoms with Crippen molar-refractivity contribution in [1.82, 2.24) is 19.9 Å². The van der Waals surface area contributed by atoms with Gasteiger partial charge in [0.25, 0.3) is 12.3 Å². The maximum absolute atomic E-state index is 13.6. The largest absolute Gasteiger partial charge is 0.344 e. The highest BCUT2D eigenvalue weighted by Gasteiger charge is 2.28. The second-order valence-electron chi connectivity index (χ2n) is 8.39. The molecule has 1 amide bonds. The lowest BCUT2D eigenvalue weighted by molar-refractivity contribution is 0.0929. The Labute approximate surface area is 180 Å². The van der Waals surface area contributed by atoms with Gasteiger partial charge >= 0.3 is 0 Å². The van der Waals surface area contributed by atoms with E-state index in [1.165, 1.54) is 17.7 Å². The van der Waals surface area contributed by atoms with Crippen molar-refractivity contribution in [2.75, 3.05) is 0 Å². The molecule has 0 radical (unpaired) electrons. The SMILES string of the molecule is CCC(C)c1ccc(C(CC)NC(=O)c2cc3nc(C4CC4)cc(C(F)F)n3n2)cc1. The first-order valence-electron chi connectivity index (χ1n) is 11.0. The Hall–Kier alpha value is -2.83. The summed E-state index contributed by atoms with van der Waals surface area (Å²) in [5.41, 5.74) is 3.09. The van der Waals surface area contributed by atoms with Gasteiger partial charge in [-0.05, 0) is 48.8 Å². The van der Waals surface area contributed by atoms with Crippen molar-refractivity contribution in [3.8, 4) is 0 Å². The Morgan fingerprint density at radius 1 is 1.13 bits per heavy atom. The Bertz CT molecular complexity index is 1070. The van der Waals surface area contributed by atoms with Gasteiger partial charge in [0, 0.05) is 17.7 Å². The minimum atomic E-state index is -2.69. The first-order chi connectivity index (χ1) is 14.9. The number of carbonyl (C=O) groups is 1. The molecule has 164 valence electrons. The van der Waals surface area contributed by atoms with Crippen LogP contribution < -0.4 is 5.32 Å². The average molecular weight is 427 g/mol. The molecule has 2 aromatic heterocycles. The summed E-state index contributed by atoms with van der Waals surface area (Å²) in [5, 5.41) is 7.14. The standard InChI is InChI=1S/C24H28F2N4O/c1-4-14(3)15-6-8-16(9-7-15)18(5-2)28-24(31)20-13-22-27-19(17-10-11-17)12-21(23(25)26)30(22)29-20/h6-9,12-14,17-18,23H,4-5,10-11H2,1-3H3,(H,28,31). The predicted molar refractivity (Wildman–Crippen MR) is 116 cm³/mol. The van der Waals surface area contributed by atoms with Crippen molar-refractivity contribution < 1.29 is 13.6 Å². The summed E-state index contributed by atoms with van der Waals surface area (Å²) in [4.78, 5) is 17.4. The van der Waals surface area contributed by atoms with Crippen LogP contribution in [0.1, 0.15) is 104 Å². The Balaban J connectivity index is 1.57. The molecule has 1 fully saturated rings. The summed E-state index contributed by atoms with van der Waals surface area (Å²) in [6.45, 7) is 6.34. The molecule has 2 heterocycles. The van der Waals surface area contributed by atoms with E-state index in [4.69, 9.17) is 0 Å². The lowest BCUT2D eigenvalue weighted by atomic mass is 9.95. The van der Waals surface area contributed by atoms with Gasteiger partial charge in [0.15, 0.2) is 11.3 Å². The Kier molecular flexibility index (Phi) is 6.03. The van der Waals surface area contributed by atoms with E-state index in [0.29, 0.717) is 18.0 Å². The van der Waals surface area contributed by atoms with Gasteiger partial charge in [-0.2, -0.15) is 5.10 Å². The van der Waals surface area contributed by atoms with E-state index in [2.05, 4.69) is 41.4 Å². The number of nitrogens with one attached hydrogen (secondary N) is 1. The smallest absolute Gasteiger partial charge is 0.280 e. The van der Waals surface area contributed by atoms with Gasteiger partial charge in [-0.3, -0.25) is 4.79 Å². The predicted octanol–water partition coefficient (Wildman–Crippen LogP) is 5.94. The lowest BCUT2D eigenvalue weighted by Gasteiger charge is -2.18. The van der Waals surface area contributed by atoms with E-state index in [9.17, 15) is 13.6 Å². The topological polar surface area (TPSA) is 59.3 Å². The maximum atomic E-state index is 13.6. The number of alkyl halides is 2. The van der Waals surface area contributed by atoms with Crippen LogP contribution in [0.4, 0.5) is 8.78 Å². The van der Waals surface area contributed by atoms with Crippen molar-refractivity contribution in [2.24, 2.45) is 0 Å². The molecule has 1 aromatic carbocycles. The van der Waals surface area contributed by atoms with Crippen molar-refractivity contribution in [2.45, 2.75) is 70.8 Å². The van der Waals surface area contributed by atoms with Gasteiger partial charge in [-0.25, -0.2) is 18.3 Å². The Morgan fingerprint density at radius 3 is 2.39 bits per heavy atom. The summed E-state index contributed by atoms with van der Waals surface area (Å²) in [6, 6.07) is 11.0. The summed E-state index contributed by atoms with van der Waals surface area (Å²) in [6.07, 6.45) is 1.00. The Morgan fingerprint density at radius 2 is 1.81 bits per heavy atom. The fourth-order valence-corrected chi connectivity index (χ4v) is 3.82. The van der Waals surface area contributed by atoms with Crippen LogP contribution in [0, 0.1) is 0 Å². The number of fused-ring (bicyclic) bond motifs is 1. The first kappa shape index (κ1) is 21.4. The van der Waals surface area contributed by atoms with Crippen LogP contribution >= 0.6 is 0 Å². The summed E-state index contributed by atoms with van der Waals surface area (Å²) >= 11 is 0. The van der Waals surface area contributed by atoms with Crippen molar-refractivity contribution in [3.05, 3.63) is 64.6 Å². The van der Waals surface area contributed by atoms with E-state index < -0.39 is 12.3 Å². The molecule has 0 spiro atoms. The quantitative estimate of drug-likeness (QED) is 0.485. The molecule has 2 unspecified atom stereocenters. The van der Waals surface area contributed by atoms with Crippen LogP contribution in [0.2, 0.25) is 0 Å². The highest BCUT2D eigenvalue weighted by molar-refractivity contribution is 5.93. The number of carbonyl (C=O) groups excluding carboxylic acids is 1. The molecule has 31 heavy (non-hydrogen) atoms. The molecule has 1 aliphatic rings. The monoisotopic (exact) mass is 426 g/mol. The number of nitrogens with zero attached hydrogens (tertiary/aromatic N) is 3. The first-order valence-corrected chi connectivity index (χ1v) is 11.0. The summed E-state index contributed by atoms with van der Waals surface area (Å²) in [7, 11) is 0. The van der Waals surface area contributed by atoms with E-state index in [1.54, 1.807) is 0 Å². The van der Waals surface area contributed by atoms with Gasteiger partial charge in [0.1, 0.15) is 5.69 Å². The molecule has 1 N–H and O–H groups in total. The van der Waals surface area contributed by atoms with Gasteiger partial charge in [-0.15, -0.1) is 0 Å². The number of hydrogen-bond donors (Lipinski definition) is 1. The zero-order valence-corrected chi connectivity index (χ0v) is 18.1. The number of hydrogen-bond acceptors (Lipinski definition) is 3. The van der Waals surface area contributed by atoms with Crippen molar-refractivity contribution in [3.63, 3.8) is 0 Å². The van der Waals surface area contributed by atoms with Gasteiger partial charge in [0.2, 0.25) is 0 Å². The molecule has 1 aliphatic carbocycles. The van der Waals surface area contributed by atoms with Crippen molar-refractivity contribution >= 4 is 11.6 Å². The third-order valence-corrected chi connectivity index (χ3v) is 6.16. The lowest BCUT2D eigenvalue weighted by Crippen LogP contribution is -2.28. The zero-order chi connectivity index (χ0) is 22.1. The second kappa shape index (κ2) is 8.73. The molecule has 0 aliphatic heterocycles. The van der Waals surface area contributed by atoms with Gasteiger partial charge in [-0.1, -0.05) is 45.0 Å². The van der Waals surface area contributed by atoms with E-state index >= 15 is 0 Å². The third kappa shape index (κ3) is 4.45. The zero-order valence-electron chi connectivity index (χ0n) is 18.1.